The molecule has 5 nitrogen and oxygen atoms in total. The molecule has 17 heavy (non-hydrogen) atoms. The minimum absolute atomic E-state index is 0.0990. The first-order valence-corrected chi connectivity index (χ1v) is 5.10. The molecule has 0 bridgehead atoms. The first-order valence-electron chi connectivity index (χ1n) is 5.10. The third-order valence-corrected chi connectivity index (χ3v) is 2.66. The summed E-state index contributed by atoms with van der Waals surface area (Å²) < 4.78 is 37.4. The summed E-state index contributed by atoms with van der Waals surface area (Å²) in [7, 11) is 0. The van der Waals surface area contributed by atoms with Gasteiger partial charge in [-0.3, -0.25) is 0 Å². The molecule has 1 saturated carbocycles. The zero-order valence-electron chi connectivity index (χ0n) is 9.10. The lowest BCUT2D eigenvalue weighted by molar-refractivity contribution is -0.162. The Balaban J connectivity index is 2.54. The van der Waals surface area contributed by atoms with Crippen LogP contribution in [0.1, 0.15) is 26.2 Å². The van der Waals surface area contributed by atoms with Gasteiger partial charge in [0.05, 0.1) is 0 Å². The topological polar surface area (TPSA) is 78.4 Å². The van der Waals surface area contributed by atoms with Crippen LogP contribution in [0.15, 0.2) is 0 Å². The van der Waals surface area contributed by atoms with E-state index in [-0.39, 0.29) is 19.3 Å². The zero-order valence-corrected chi connectivity index (χ0v) is 9.10. The highest BCUT2D eigenvalue weighted by atomic mass is 19.4. The Hall–Kier alpha value is -1.47. The number of amides is 2. The van der Waals surface area contributed by atoms with Gasteiger partial charge < -0.3 is 15.7 Å². The maximum atomic E-state index is 12.5. The summed E-state index contributed by atoms with van der Waals surface area (Å²) in [6, 6.07) is -2.28. The maximum Gasteiger partial charge on any atom is 0.411 e. The van der Waals surface area contributed by atoms with Gasteiger partial charge in [0, 0.05) is 0 Å². The number of aliphatic carboxylic acids is 1. The predicted molar refractivity (Wildman–Crippen MR) is 51.4 cm³/mol. The fraction of sp³-hybridized carbons (Fsp3) is 0.778. The molecule has 0 aliphatic heterocycles. The fourth-order valence-corrected chi connectivity index (χ4v) is 1.35. The number of carbonyl (C=O) groups is 2. The van der Waals surface area contributed by atoms with Gasteiger partial charge in [0.25, 0.3) is 0 Å². The second-order valence-corrected chi connectivity index (χ2v) is 3.98. The minimum atomic E-state index is -4.50. The number of alkyl halides is 3. The first kappa shape index (κ1) is 13.6. The van der Waals surface area contributed by atoms with Crippen LogP contribution in [0.3, 0.4) is 0 Å². The lowest BCUT2D eigenvalue weighted by Gasteiger charge is -2.22. The second kappa shape index (κ2) is 4.42. The summed E-state index contributed by atoms with van der Waals surface area (Å²) in [5.74, 6) is -1.28. The van der Waals surface area contributed by atoms with Crippen LogP contribution in [0.5, 0.6) is 0 Å². The quantitative estimate of drug-likeness (QED) is 0.706. The number of rotatable bonds is 4. The van der Waals surface area contributed by atoms with E-state index in [0.717, 1.165) is 0 Å². The van der Waals surface area contributed by atoms with E-state index in [9.17, 15) is 22.8 Å². The molecule has 1 atom stereocenters. The molecule has 0 heterocycles. The minimum Gasteiger partial charge on any atom is -0.480 e. The molecule has 1 aliphatic rings. The van der Waals surface area contributed by atoms with Crippen molar-refractivity contribution in [2.45, 2.75) is 43.9 Å². The first-order chi connectivity index (χ1) is 7.72. The van der Waals surface area contributed by atoms with E-state index < -0.39 is 29.8 Å². The molecule has 0 aromatic carbocycles. The molecule has 0 aromatic rings. The summed E-state index contributed by atoms with van der Waals surface area (Å²) in [6.45, 7) is 1.51. The monoisotopic (exact) mass is 254 g/mol. The average Bonchev–Trinajstić information content (AvgIpc) is 2.93. The van der Waals surface area contributed by atoms with E-state index in [4.69, 9.17) is 5.11 Å². The Kier molecular flexibility index (Phi) is 3.53. The smallest absolute Gasteiger partial charge is 0.411 e. The van der Waals surface area contributed by atoms with Gasteiger partial charge in [0.2, 0.25) is 0 Å². The molecular weight excluding hydrogens is 241 g/mol. The summed E-state index contributed by atoms with van der Waals surface area (Å²) in [5.41, 5.74) is -2.17. The van der Waals surface area contributed by atoms with E-state index in [1.165, 1.54) is 6.92 Å². The standard InChI is InChI=1S/C9H13F3N2O3/c1-2-5(6(15)16)13-7(17)14-8(3-4-8)9(10,11)12/h5H,2-4H2,1H3,(H,15,16)(H2,13,14,17)/t5-/m1/s1. The summed E-state index contributed by atoms with van der Waals surface area (Å²) in [6.07, 6.45) is -4.75. The number of urea groups is 1. The van der Waals surface area contributed by atoms with Crippen molar-refractivity contribution < 1.29 is 27.9 Å². The Morgan fingerprint density at radius 1 is 1.41 bits per heavy atom. The highest BCUT2D eigenvalue weighted by molar-refractivity contribution is 5.83. The van der Waals surface area contributed by atoms with Gasteiger partial charge in [-0.25, -0.2) is 9.59 Å². The van der Waals surface area contributed by atoms with Crippen LogP contribution in [0.4, 0.5) is 18.0 Å². The predicted octanol–water partition coefficient (Wildman–Crippen LogP) is 1.24. The summed E-state index contributed by atoms with van der Waals surface area (Å²) in [5, 5.41) is 12.4. The van der Waals surface area contributed by atoms with Gasteiger partial charge in [-0.1, -0.05) is 6.92 Å². The van der Waals surface area contributed by atoms with Gasteiger partial charge in [0.15, 0.2) is 0 Å². The number of hydrogen-bond donors (Lipinski definition) is 3. The van der Waals surface area contributed by atoms with E-state index >= 15 is 0 Å². The normalized spacial score (nSPS) is 19.3. The maximum absolute atomic E-state index is 12.5. The number of carboxylic acid groups (broad SMARTS) is 1. The van der Waals surface area contributed by atoms with Gasteiger partial charge >= 0.3 is 18.2 Å². The highest BCUT2D eigenvalue weighted by Crippen LogP contribution is 2.48. The molecule has 1 fully saturated rings. The molecule has 2 amide bonds. The Morgan fingerprint density at radius 3 is 2.24 bits per heavy atom. The van der Waals surface area contributed by atoms with Crippen molar-refractivity contribution in [3.05, 3.63) is 0 Å². The van der Waals surface area contributed by atoms with E-state index in [0.29, 0.717) is 0 Å². The molecule has 8 heteroatoms. The Bertz CT molecular complexity index is 326. The van der Waals surface area contributed by atoms with Crippen molar-refractivity contribution >= 4 is 12.0 Å². The van der Waals surface area contributed by atoms with Crippen molar-refractivity contribution in [3.8, 4) is 0 Å². The van der Waals surface area contributed by atoms with Crippen LogP contribution in [-0.2, 0) is 4.79 Å². The molecule has 0 unspecified atom stereocenters. The largest absolute Gasteiger partial charge is 0.480 e. The van der Waals surface area contributed by atoms with Crippen molar-refractivity contribution in [2.75, 3.05) is 0 Å². The number of carboxylic acids is 1. The van der Waals surface area contributed by atoms with E-state index in [1.54, 1.807) is 5.32 Å². The molecule has 98 valence electrons. The number of hydrogen-bond acceptors (Lipinski definition) is 2. The van der Waals surface area contributed by atoms with Gasteiger partial charge in [-0.15, -0.1) is 0 Å². The Morgan fingerprint density at radius 2 is 1.94 bits per heavy atom. The summed E-state index contributed by atoms with van der Waals surface area (Å²) in [4.78, 5) is 21.8. The van der Waals surface area contributed by atoms with Gasteiger partial charge in [-0.2, -0.15) is 13.2 Å². The van der Waals surface area contributed by atoms with Gasteiger partial charge in [-0.05, 0) is 19.3 Å². The number of halogens is 3. The van der Waals surface area contributed by atoms with Crippen LogP contribution in [0.2, 0.25) is 0 Å². The van der Waals surface area contributed by atoms with Crippen molar-refractivity contribution in [1.82, 2.24) is 10.6 Å². The van der Waals surface area contributed by atoms with Crippen LogP contribution in [-0.4, -0.2) is 34.9 Å². The SMILES string of the molecule is CC[C@@H](NC(=O)NC1(C(F)(F)F)CC1)C(=O)O. The van der Waals surface area contributed by atoms with Crippen molar-refractivity contribution in [3.63, 3.8) is 0 Å². The van der Waals surface area contributed by atoms with Gasteiger partial charge in [0.1, 0.15) is 11.6 Å². The molecule has 1 aliphatic carbocycles. The second-order valence-electron chi connectivity index (χ2n) is 3.98. The molecule has 3 N–H and O–H groups in total. The molecule has 0 aromatic heterocycles. The lowest BCUT2D eigenvalue weighted by atomic mass is 10.2. The molecule has 0 spiro atoms. The molecule has 0 saturated heterocycles. The van der Waals surface area contributed by atoms with Crippen LogP contribution in [0, 0.1) is 0 Å². The average molecular weight is 254 g/mol. The van der Waals surface area contributed by atoms with E-state index in [2.05, 4.69) is 0 Å². The van der Waals surface area contributed by atoms with E-state index in [1.807, 2.05) is 5.32 Å². The molecular formula is C9H13F3N2O3. The molecule has 1 rings (SSSR count). The van der Waals surface area contributed by atoms with Crippen LogP contribution < -0.4 is 10.6 Å². The fourth-order valence-electron chi connectivity index (χ4n) is 1.35. The number of carbonyl (C=O) groups excluding carboxylic acids is 1. The zero-order chi connectivity index (χ0) is 13.3. The van der Waals surface area contributed by atoms with Crippen molar-refractivity contribution in [1.29, 1.82) is 0 Å². The lowest BCUT2D eigenvalue weighted by Crippen LogP contribution is -2.54. The highest BCUT2D eigenvalue weighted by Gasteiger charge is 2.64. The molecule has 0 radical (unpaired) electrons. The Labute approximate surface area is 95.4 Å². The third kappa shape index (κ3) is 3.01. The third-order valence-electron chi connectivity index (χ3n) is 2.66. The summed E-state index contributed by atoms with van der Waals surface area (Å²) >= 11 is 0. The van der Waals surface area contributed by atoms with Crippen LogP contribution >= 0.6 is 0 Å². The number of nitrogens with one attached hydrogen (secondary N) is 2. The van der Waals surface area contributed by atoms with Crippen LogP contribution in [0.25, 0.3) is 0 Å². The van der Waals surface area contributed by atoms with Crippen molar-refractivity contribution in [2.24, 2.45) is 0 Å².